The summed E-state index contributed by atoms with van der Waals surface area (Å²) in [5, 5.41) is 2.80. The molecule has 1 atom stereocenters. The molecule has 0 saturated carbocycles. The highest BCUT2D eigenvalue weighted by Crippen LogP contribution is 2.38. The van der Waals surface area contributed by atoms with Crippen LogP contribution in [0.4, 0.5) is 0 Å². The maximum absolute atomic E-state index is 6.15. The van der Waals surface area contributed by atoms with Crippen molar-refractivity contribution in [2.24, 2.45) is 10.7 Å². The van der Waals surface area contributed by atoms with Crippen LogP contribution in [-0.2, 0) is 10.3 Å². The Kier molecular flexibility index (Phi) is 6.36. The van der Waals surface area contributed by atoms with Crippen LogP contribution >= 0.6 is 23.1 Å². The molecule has 0 fully saturated rings. The number of aromatic nitrogens is 1. The fraction of sp³-hybridized carbons (Fsp3) is 0.400. The lowest BCUT2D eigenvalue weighted by Crippen LogP contribution is -2.24. The summed E-state index contributed by atoms with van der Waals surface area (Å²) in [7, 11) is 0. The van der Waals surface area contributed by atoms with Gasteiger partial charge in [-0.25, -0.2) is 0 Å². The lowest BCUT2D eigenvalue weighted by atomic mass is 9.93. The van der Waals surface area contributed by atoms with E-state index in [1.807, 2.05) is 13.1 Å². The van der Waals surface area contributed by atoms with Gasteiger partial charge >= 0.3 is 0 Å². The van der Waals surface area contributed by atoms with Crippen molar-refractivity contribution in [3.63, 3.8) is 0 Å². The number of nitrogens with two attached hydrogens (primary N) is 1. The monoisotopic (exact) mass is 385 g/mol. The fourth-order valence-electron chi connectivity index (χ4n) is 2.92. The van der Waals surface area contributed by atoms with Crippen molar-refractivity contribution in [2.75, 3.05) is 19.0 Å². The minimum atomic E-state index is -0.324. The number of amidine groups is 1. The first-order valence-corrected chi connectivity index (χ1v) is 10.5. The van der Waals surface area contributed by atoms with Crippen molar-refractivity contribution in [1.82, 2.24) is 4.98 Å². The van der Waals surface area contributed by atoms with E-state index in [0.717, 1.165) is 48.5 Å². The van der Waals surface area contributed by atoms with Gasteiger partial charge < -0.3 is 10.5 Å². The largest absolute Gasteiger partial charge is 0.381 e. The standard InChI is InChI=1S/C20H23N3OS2/c1-3-5-15-10-16(13-22-12-15)17-11-18(26-14-17)20(2)6-4-7-24-8-9-25-19(21)23-20/h10-14H,4,6-9H2,1-2H3,(H2,21,23). The van der Waals surface area contributed by atoms with Gasteiger partial charge in [0.2, 0.25) is 0 Å². The summed E-state index contributed by atoms with van der Waals surface area (Å²) in [5.74, 6) is 6.83. The van der Waals surface area contributed by atoms with Crippen LogP contribution in [0.2, 0.25) is 0 Å². The van der Waals surface area contributed by atoms with Crippen LogP contribution in [0.1, 0.15) is 37.1 Å². The van der Waals surface area contributed by atoms with Crippen molar-refractivity contribution in [1.29, 1.82) is 0 Å². The van der Waals surface area contributed by atoms with Crippen molar-refractivity contribution < 1.29 is 4.74 Å². The third-order valence-electron chi connectivity index (χ3n) is 4.26. The van der Waals surface area contributed by atoms with Gasteiger partial charge in [0.15, 0.2) is 5.17 Å². The molecule has 4 nitrogen and oxygen atoms in total. The molecule has 1 aliphatic heterocycles. The summed E-state index contributed by atoms with van der Waals surface area (Å²) in [6, 6.07) is 4.28. The molecular formula is C20H23N3OS2. The van der Waals surface area contributed by atoms with Gasteiger partial charge in [0.25, 0.3) is 0 Å². The number of thiophene rings is 1. The van der Waals surface area contributed by atoms with Gasteiger partial charge in [0.05, 0.1) is 12.1 Å². The van der Waals surface area contributed by atoms with E-state index in [9.17, 15) is 0 Å². The Morgan fingerprint density at radius 2 is 2.12 bits per heavy atom. The van der Waals surface area contributed by atoms with E-state index in [1.165, 1.54) is 4.88 Å². The molecule has 2 aromatic heterocycles. The zero-order valence-corrected chi connectivity index (χ0v) is 16.8. The van der Waals surface area contributed by atoms with Gasteiger partial charge in [0, 0.05) is 40.8 Å². The summed E-state index contributed by atoms with van der Waals surface area (Å²) in [6.07, 6.45) is 5.55. The summed E-state index contributed by atoms with van der Waals surface area (Å²) < 4.78 is 5.65. The molecule has 26 heavy (non-hydrogen) atoms. The maximum atomic E-state index is 6.15. The number of pyridine rings is 1. The molecule has 6 heteroatoms. The minimum absolute atomic E-state index is 0.324. The van der Waals surface area contributed by atoms with Gasteiger partial charge in [-0.1, -0.05) is 17.7 Å². The Labute approximate surface area is 163 Å². The third kappa shape index (κ3) is 4.67. The molecule has 2 aromatic rings. The number of hydrogen-bond acceptors (Lipinski definition) is 6. The molecule has 0 bridgehead atoms. The number of thioether (sulfide) groups is 1. The summed E-state index contributed by atoms with van der Waals surface area (Å²) in [4.78, 5) is 10.4. The highest BCUT2D eigenvalue weighted by molar-refractivity contribution is 8.13. The molecule has 3 rings (SSSR count). The second-order valence-electron chi connectivity index (χ2n) is 6.33. The highest BCUT2D eigenvalue weighted by atomic mass is 32.2. The highest BCUT2D eigenvalue weighted by Gasteiger charge is 2.28. The molecule has 0 aliphatic carbocycles. The number of hydrogen-bond donors (Lipinski definition) is 1. The Balaban J connectivity index is 1.92. The second-order valence-corrected chi connectivity index (χ2v) is 8.35. The molecule has 0 spiro atoms. The maximum Gasteiger partial charge on any atom is 0.154 e. The zero-order valence-electron chi connectivity index (χ0n) is 15.1. The molecular weight excluding hydrogens is 362 g/mol. The predicted octanol–water partition coefficient (Wildman–Crippen LogP) is 4.26. The minimum Gasteiger partial charge on any atom is -0.381 e. The van der Waals surface area contributed by atoms with Crippen molar-refractivity contribution in [3.05, 3.63) is 40.3 Å². The smallest absolute Gasteiger partial charge is 0.154 e. The van der Waals surface area contributed by atoms with Crippen LogP contribution in [0.25, 0.3) is 11.1 Å². The Morgan fingerprint density at radius 3 is 2.96 bits per heavy atom. The number of aliphatic imine (C=N–C) groups is 1. The van der Waals surface area contributed by atoms with E-state index in [2.05, 4.69) is 41.3 Å². The third-order valence-corrected chi connectivity index (χ3v) is 6.20. The van der Waals surface area contributed by atoms with Crippen molar-refractivity contribution in [3.8, 4) is 23.0 Å². The van der Waals surface area contributed by atoms with Crippen LogP contribution in [0.15, 0.2) is 34.9 Å². The SMILES string of the molecule is CC#Cc1cncc(-c2csc(C3(C)CCCOCCSC(N)=N3)c2)c1. The molecule has 0 aromatic carbocycles. The average molecular weight is 386 g/mol. The zero-order chi connectivity index (χ0) is 18.4. The van der Waals surface area contributed by atoms with E-state index in [-0.39, 0.29) is 5.54 Å². The molecule has 3 heterocycles. The van der Waals surface area contributed by atoms with Gasteiger partial charge in [0.1, 0.15) is 0 Å². The van der Waals surface area contributed by atoms with Crippen LogP contribution < -0.4 is 5.73 Å². The lowest BCUT2D eigenvalue weighted by molar-refractivity contribution is 0.140. The van der Waals surface area contributed by atoms with Crippen LogP contribution in [0, 0.1) is 11.8 Å². The molecule has 2 N–H and O–H groups in total. The van der Waals surface area contributed by atoms with E-state index < -0.39 is 0 Å². The topological polar surface area (TPSA) is 60.5 Å². The Bertz CT molecular complexity index is 850. The summed E-state index contributed by atoms with van der Waals surface area (Å²) >= 11 is 3.29. The first-order valence-electron chi connectivity index (χ1n) is 8.64. The molecule has 1 aliphatic rings. The summed E-state index contributed by atoms with van der Waals surface area (Å²) in [6.45, 7) is 5.49. The first-order chi connectivity index (χ1) is 12.6. The van der Waals surface area contributed by atoms with Gasteiger partial charge in [-0.2, -0.15) is 0 Å². The number of rotatable bonds is 2. The van der Waals surface area contributed by atoms with Gasteiger partial charge in [-0.15, -0.1) is 17.3 Å². The normalized spacial score (nSPS) is 21.4. The van der Waals surface area contributed by atoms with Crippen molar-refractivity contribution in [2.45, 2.75) is 32.2 Å². The molecule has 0 saturated heterocycles. The number of ether oxygens (including phenoxy) is 1. The van der Waals surface area contributed by atoms with E-state index in [4.69, 9.17) is 15.5 Å². The van der Waals surface area contributed by atoms with Gasteiger partial charge in [-0.3, -0.25) is 9.98 Å². The number of nitrogens with zero attached hydrogens (tertiary/aromatic N) is 2. The molecule has 136 valence electrons. The van der Waals surface area contributed by atoms with Crippen LogP contribution in [0.5, 0.6) is 0 Å². The quantitative estimate of drug-likeness (QED) is 0.785. The molecule has 0 amide bonds. The lowest BCUT2D eigenvalue weighted by Gasteiger charge is -2.25. The van der Waals surface area contributed by atoms with E-state index >= 15 is 0 Å². The average Bonchev–Trinajstić information content (AvgIpc) is 3.12. The Hall–Kier alpha value is -1.81. The molecule has 0 radical (unpaired) electrons. The summed E-state index contributed by atoms with van der Waals surface area (Å²) in [5.41, 5.74) is 8.97. The van der Waals surface area contributed by atoms with Crippen LogP contribution in [-0.4, -0.2) is 29.1 Å². The fourth-order valence-corrected chi connectivity index (χ4v) is 4.65. The second kappa shape index (κ2) is 8.72. The van der Waals surface area contributed by atoms with Gasteiger partial charge in [-0.05, 0) is 49.8 Å². The Morgan fingerprint density at radius 1 is 1.23 bits per heavy atom. The molecule has 1 unspecified atom stereocenters. The van der Waals surface area contributed by atoms with Crippen molar-refractivity contribution >= 4 is 28.3 Å². The van der Waals surface area contributed by atoms with E-state index in [0.29, 0.717) is 5.17 Å². The van der Waals surface area contributed by atoms with E-state index in [1.54, 1.807) is 29.3 Å². The van der Waals surface area contributed by atoms with Crippen LogP contribution in [0.3, 0.4) is 0 Å². The predicted molar refractivity (Wildman–Crippen MR) is 112 cm³/mol. The first kappa shape index (κ1) is 19.0.